The number of pyridine rings is 1. The fourth-order valence-electron chi connectivity index (χ4n) is 5.12. The lowest BCUT2D eigenvalue weighted by Crippen LogP contribution is -2.29. The molecule has 8 heteroatoms. The van der Waals surface area contributed by atoms with Crippen LogP contribution >= 0.6 is 12.2 Å². The molecule has 2 atom stereocenters. The Labute approximate surface area is 228 Å². The second-order valence-electron chi connectivity index (χ2n) is 9.42. The zero-order chi connectivity index (χ0) is 26.6. The maximum Gasteiger partial charge on any atom is 0.250 e. The summed E-state index contributed by atoms with van der Waals surface area (Å²) in [5, 5.41) is 7.02. The Morgan fingerprint density at radius 3 is 2.47 bits per heavy atom. The van der Waals surface area contributed by atoms with Crippen molar-refractivity contribution in [2.45, 2.75) is 32.5 Å². The number of benzene rings is 2. The molecule has 5 rings (SSSR count). The molecule has 0 unspecified atom stereocenters. The first-order chi connectivity index (χ1) is 18.5. The van der Waals surface area contributed by atoms with Gasteiger partial charge in [0.2, 0.25) is 5.91 Å². The van der Waals surface area contributed by atoms with E-state index in [0.29, 0.717) is 10.8 Å². The van der Waals surface area contributed by atoms with E-state index >= 15 is 0 Å². The van der Waals surface area contributed by atoms with E-state index in [-0.39, 0.29) is 24.6 Å². The van der Waals surface area contributed by atoms with Crippen molar-refractivity contribution in [3.63, 3.8) is 0 Å². The molecule has 1 amide bonds. The smallest absolute Gasteiger partial charge is 0.250 e. The van der Waals surface area contributed by atoms with Crippen LogP contribution < -0.4 is 15.5 Å². The Morgan fingerprint density at radius 1 is 1.05 bits per heavy atom. The fourth-order valence-corrected chi connectivity index (χ4v) is 5.46. The Morgan fingerprint density at radius 2 is 1.79 bits per heavy atom. The van der Waals surface area contributed by atoms with Crippen molar-refractivity contribution in [2.75, 3.05) is 23.9 Å². The molecular formula is C30H31N5O2S. The zero-order valence-corrected chi connectivity index (χ0v) is 22.5. The molecule has 1 aliphatic rings. The molecule has 0 aliphatic carbocycles. The van der Waals surface area contributed by atoms with Gasteiger partial charge in [0, 0.05) is 42.6 Å². The minimum Gasteiger partial charge on any atom is -0.375 e. The predicted octanol–water partition coefficient (Wildman–Crippen LogP) is 5.31. The minimum absolute atomic E-state index is 0.00824. The lowest BCUT2D eigenvalue weighted by molar-refractivity contribution is -0.119. The number of aromatic nitrogens is 2. The van der Waals surface area contributed by atoms with Crippen LogP contribution in [0, 0.1) is 13.8 Å². The number of nitrogens with zero attached hydrogens (tertiary/aromatic N) is 3. The number of methoxy groups -OCH3 is 1. The predicted molar refractivity (Wildman–Crippen MR) is 154 cm³/mol. The van der Waals surface area contributed by atoms with Gasteiger partial charge in [0.15, 0.2) is 5.11 Å². The molecule has 1 fully saturated rings. The molecule has 194 valence electrons. The number of hydrogen-bond acceptors (Lipinski definition) is 4. The standard InChI is InChI=1S/C30H31N5O2S/c1-20-17-25(21(2)34(20)18-22-9-5-4-6-10-22)29-28(26-11-7-8-16-31-26)33-30(38)35(29)24-14-12-23(13-15-24)32-27(36)19-37-3/h4-17,28-29H,18-19H2,1-3H3,(H,32,36)(H,33,38)/t28-,29-/m0/s1. The number of aryl methyl sites for hydroxylation is 1. The van der Waals surface area contributed by atoms with Gasteiger partial charge in [-0.25, -0.2) is 0 Å². The van der Waals surface area contributed by atoms with E-state index in [1.54, 1.807) is 0 Å². The van der Waals surface area contributed by atoms with Gasteiger partial charge in [-0.05, 0) is 79.7 Å². The first kappa shape index (κ1) is 25.6. The van der Waals surface area contributed by atoms with Crippen LogP contribution in [0.4, 0.5) is 11.4 Å². The fraction of sp³-hybridized carbons (Fsp3) is 0.233. The average Bonchev–Trinajstić information content (AvgIpc) is 3.41. The highest BCUT2D eigenvalue weighted by atomic mass is 32.1. The summed E-state index contributed by atoms with van der Waals surface area (Å²) in [7, 11) is 1.50. The van der Waals surface area contributed by atoms with E-state index in [9.17, 15) is 4.79 Å². The number of carbonyl (C=O) groups is 1. The second-order valence-corrected chi connectivity index (χ2v) is 9.81. The summed E-state index contributed by atoms with van der Waals surface area (Å²) in [5.41, 5.74) is 7.39. The molecule has 0 saturated carbocycles. The van der Waals surface area contributed by atoms with Gasteiger partial charge in [-0.1, -0.05) is 36.4 Å². The molecule has 1 saturated heterocycles. The quantitative estimate of drug-likeness (QED) is 0.304. The molecule has 2 N–H and O–H groups in total. The number of carbonyl (C=O) groups excluding carboxylic acids is 1. The van der Waals surface area contributed by atoms with Gasteiger partial charge in [0.05, 0.1) is 17.8 Å². The maximum absolute atomic E-state index is 12.0. The summed E-state index contributed by atoms with van der Waals surface area (Å²) < 4.78 is 7.27. The molecular weight excluding hydrogens is 494 g/mol. The van der Waals surface area contributed by atoms with Gasteiger partial charge in [0.25, 0.3) is 0 Å². The van der Waals surface area contributed by atoms with Gasteiger partial charge in [0.1, 0.15) is 6.61 Å². The van der Waals surface area contributed by atoms with Crippen LogP contribution in [0.1, 0.15) is 40.3 Å². The van der Waals surface area contributed by atoms with Crippen molar-refractivity contribution in [1.82, 2.24) is 14.9 Å². The Bertz CT molecular complexity index is 1420. The van der Waals surface area contributed by atoms with Gasteiger partial charge < -0.3 is 24.8 Å². The number of thiocarbonyl (C=S) groups is 1. The molecule has 1 aliphatic heterocycles. The maximum atomic E-state index is 12.0. The summed E-state index contributed by atoms with van der Waals surface area (Å²) in [5.74, 6) is -0.197. The lowest BCUT2D eigenvalue weighted by atomic mass is 9.96. The van der Waals surface area contributed by atoms with Crippen molar-refractivity contribution < 1.29 is 9.53 Å². The molecule has 2 aromatic heterocycles. The van der Waals surface area contributed by atoms with Crippen LogP contribution in [-0.2, 0) is 16.1 Å². The van der Waals surface area contributed by atoms with E-state index < -0.39 is 0 Å². The number of rotatable bonds is 8. The topological polar surface area (TPSA) is 71.4 Å². The van der Waals surface area contributed by atoms with Crippen LogP contribution in [0.25, 0.3) is 0 Å². The third-order valence-electron chi connectivity index (χ3n) is 6.92. The lowest BCUT2D eigenvalue weighted by Gasteiger charge is -2.28. The third kappa shape index (κ3) is 5.18. The van der Waals surface area contributed by atoms with Crippen LogP contribution in [0.2, 0.25) is 0 Å². The molecule has 4 aromatic rings. The van der Waals surface area contributed by atoms with Crippen LogP contribution in [0.15, 0.2) is 85.1 Å². The number of ether oxygens (including phenoxy) is 1. The molecule has 3 heterocycles. The highest BCUT2D eigenvalue weighted by Crippen LogP contribution is 2.43. The molecule has 2 aromatic carbocycles. The molecule has 38 heavy (non-hydrogen) atoms. The van der Waals surface area contributed by atoms with Gasteiger partial charge in [-0.2, -0.15) is 0 Å². The van der Waals surface area contributed by atoms with Crippen LogP contribution in [0.5, 0.6) is 0 Å². The number of nitrogens with one attached hydrogen (secondary N) is 2. The summed E-state index contributed by atoms with van der Waals surface area (Å²) in [6.45, 7) is 5.13. The van der Waals surface area contributed by atoms with E-state index in [4.69, 9.17) is 17.0 Å². The monoisotopic (exact) mass is 525 g/mol. The highest BCUT2D eigenvalue weighted by molar-refractivity contribution is 7.80. The Kier molecular flexibility index (Phi) is 7.53. The first-order valence-electron chi connectivity index (χ1n) is 12.6. The summed E-state index contributed by atoms with van der Waals surface area (Å²) in [6.07, 6.45) is 1.82. The van der Waals surface area contributed by atoms with E-state index in [1.165, 1.54) is 29.6 Å². The molecule has 0 spiro atoms. The van der Waals surface area contributed by atoms with Crippen molar-refractivity contribution in [3.8, 4) is 0 Å². The number of hydrogen-bond donors (Lipinski definition) is 2. The van der Waals surface area contributed by atoms with Crippen molar-refractivity contribution in [2.24, 2.45) is 0 Å². The van der Waals surface area contributed by atoms with E-state index in [1.807, 2.05) is 54.7 Å². The second kappa shape index (κ2) is 11.2. The SMILES string of the molecule is COCC(=O)Nc1ccc(N2C(=S)N[C@@H](c3ccccn3)[C@@H]2c2cc(C)n(Cc3ccccc3)c2C)cc1. The first-order valence-corrected chi connectivity index (χ1v) is 13.0. The van der Waals surface area contributed by atoms with Crippen LogP contribution in [-0.4, -0.2) is 34.3 Å². The van der Waals surface area contributed by atoms with Crippen molar-refractivity contribution >= 4 is 34.6 Å². The molecule has 7 nitrogen and oxygen atoms in total. The largest absolute Gasteiger partial charge is 0.375 e. The summed E-state index contributed by atoms with van der Waals surface area (Å²) in [4.78, 5) is 18.8. The number of amides is 1. The minimum atomic E-state index is -0.197. The van der Waals surface area contributed by atoms with Crippen LogP contribution in [0.3, 0.4) is 0 Å². The Balaban J connectivity index is 1.54. The Hall–Kier alpha value is -4.01. The third-order valence-corrected chi connectivity index (χ3v) is 7.23. The van der Waals surface area contributed by atoms with Crippen molar-refractivity contribution in [1.29, 1.82) is 0 Å². The van der Waals surface area contributed by atoms with E-state index in [0.717, 1.165) is 17.9 Å². The zero-order valence-electron chi connectivity index (χ0n) is 21.7. The van der Waals surface area contributed by atoms with Gasteiger partial charge >= 0.3 is 0 Å². The molecule has 0 bridgehead atoms. The summed E-state index contributed by atoms with van der Waals surface area (Å²) >= 11 is 5.90. The normalized spacial score (nSPS) is 16.9. The van der Waals surface area contributed by atoms with E-state index in [2.05, 4.69) is 69.3 Å². The van der Waals surface area contributed by atoms with Gasteiger partial charge in [-0.15, -0.1) is 0 Å². The number of anilines is 2. The summed E-state index contributed by atoms with van der Waals surface area (Å²) in [6, 6.07) is 26.2. The van der Waals surface area contributed by atoms with Gasteiger partial charge in [-0.3, -0.25) is 9.78 Å². The van der Waals surface area contributed by atoms with Crippen molar-refractivity contribution in [3.05, 3.63) is 113 Å². The highest BCUT2D eigenvalue weighted by Gasteiger charge is 2.42. The average molecular weight is 526 g/mol. The molecule has 0 radical (unpaired) electrons.